The van der Waals surface area contributed by atoms with Crippen LogP contribution in [0.15, 0.2) is 18.2 Å². The van der Waals surface area contributed by atoms with Crippen LogP contribution >= 0.6 is 22.6 Å². The van der Waals surface area contributed by atoms with Gasteiger partial charge in [-0.1, -0.05) is 26.7 Å². The maximum atomic E-state index is 12.9. The van der Waals surface area contributed by atoms with Gasteiger partial charge in [0.1, 0.15) is 5.82 Å². The maximum Gasteiger partial charge on any atom is 0.124 e. The number of benzene rings is 1. The Morgan fingerprint density at radius 2 is 1.88 bits per heavy atom. The highest BCUT2D eigenvalue weighted by Gasteiger charge is 2.08. The molecule has 0 aliphatic carbocycles. The molecule has 1 N–H and O–H groups in total. The fourth-order valence-electron chi connectivity index (χ4n) is 1.81. The zero-order valence-electron chi connectivity index (χ0n) is 9.89. The first kappa shape index (κ1) is 13.7. The first-order valence-electron chi connectivity index (χ1n) is 5.89. The van der Waals surface area contributed by atoms with Crippen molar-refractivity contribution in [1.29, 1.82) is 0 Å². The molecule has 0 heterocycles. The molecule has 0 spiro atoms. The Bertz CT molecular complexity index is 322. The molecule has 0 aromatic heterocycles. The van der Waals surface area contributed by atoms with E-state index in [4.69, 9.17) is 0 Å². The summed E-state index contributed by atoms with van der Waals surface area (Å²) in [4.78, 5) is 0. The van der Waals surface area contributed by atoms with Crippen LogP contribution in [0.3, 0.4) is 0 Å². The predicted molar refractivity (Wildman–Crippen MR) is 76.3 cm³/mol. The zero-order valence-corrected chi connectivity index (χ0v) is 12.1. The summed E-state index contributed by atoms with van der Waals surface area (Å²) < 4.78 is 13.9. The summed E-state index contributed by atoms with van der Waals surface area (Å²) >= 11 is 2.17. The Labute approximate surface area is 111 Å². The smallest absolute Gasteiger partial charge is 0.124 e. The second-order valence-corrected chi connectivity index (χ2v) is 5.20. The standard InChI is InChI=1S/C13H19FIN/c1-3-5-11(6-4-2)16-13-8-7-10(14)9-12(13)15/h7-9,11,16H,3-6H2,1-2H3. The molecule has 0 radical (unpaired) electrons. The van der Waals surface area contributed by atoms with Crippen molar-refractivity contribution in [2.75, 3.05) is 5.32 Å². The van der Waals surface area contributed by atoms with Crippen molar-refractivity contribution in [2.24, 2.45) is 0 Å². The molecule has 0 amide bonds. The lowest BCUT2D eigenvalue weighted by atomic mass is 10.1. The second kappa shape index (κ2) is 7.09. The minimum atomic E-state index is -0.169. The van der Waals surface area contributed by atoms with E-state index in [9.17, 15) is 4.39 Å². The van der Waals surface area contributed by atoms with Crippen molar-refractivity contribution in [1.82, 2.24) is 0 Å². The van der Waals surface area contributed by atoms with Crippen LogP contribution in [-0.4, -0.2) is 6.04 Å². The summed E-state index contributed by atoms with van der Waals surface area (Å²) in [5.41, 5.74) is 1.05. The third-order valence-corrected chi connectivity index (χ3v) is 3.46. The molecule has 16 heavy (non-hydrogen) atoms. The normalized spacial score (nSPS) is 10.8. The summed E-state index contributed by atoms with van der Waals surface area (Å²) in [7, 11) is 0. The summed E-state index contributed by atoms with van der Waals surface area (Å²) in [6.07, 6.45) is 4.69. The first-order chi connectivity index (χ1) is 7.67. The van der Waals surface area contributed by atoms with Gasteiger partial charge in [-0.3, -0.25) is 0 Å². The zero-order chi connectivity index (χ0) is 12.0. The Hall–Kier alpha value is -0.320. The molecular weight excluding hydrogens is 316 g/mol. The van der Waals surface area contributed by atoms with Gasteiger partial charge in [0.25, 0.3) is 0 Å². The summed E-state index contributed by atoms with van der Waals surface area (Å²) in [6, 6.07) is 5.42. The van der Waals surface area contributed by atoms with E-state index in [1.807, 2.05) is 6.07 Å². The fraction of sp³-hybridized carbons (Fsp3) is 0.538. The van der Waals surface area contributed by atoms with Gasteiger partial charge < -0.3 is 5.32 Å². The first-order valence-corrected chi connectivity index (χ1v) is 6.96. The third-order valence-electron chi connectivity index (χ3n) is 2.57. The van der Waals surface area contributed by atoms with E-state index in [1.54, 1.807) is 6.07 Å². The molecule has 1 nitrogen and oxygen atoms in total. The van der Waals surface area contributed by atoms with Crippen molar-refractivity contribution < 1.29 is 4.39 Å². The third kappa shape index (κ3) is 4.28. The minimum absolute atomic E-state index is 0.169. The van der Waals surface area contributed by atoms with Gasteiger partial charge in [-0.15, -0.1) is 0 Å². The van der Waals surface area contributed by atoms with E-state index < -0.39 is 0 Å². The predicted octanol–water partition coefficient (Wildman–Crippen LogP) is 4.81. The lowest BCUT2D eigenvalue weighted by Gasteiger charge is -2.19. The van der Waals surface area contributed by atoms with Crippen LogP contribution in [0, 0.1) is 9.39 Å². The van der Waals surface area contributed by atoms with Crippen molar-refractivity contribution >= 4 is 28.3 Å². The van der Waals surface area contributed by atoms with Gasteiger partial charge >= 0.3 is 0 Å². The molecule has 1 rings (SSSR count). The molecule has 0 aliphatic rings. The molecule has 0 unspecified atom stereocenters. The lowest BCUT2D eigenvalue weighted by Crippen LogP contribution is -2.19. The number of halogens is 2. The SMILES string of the molecule is CCCC(CCC)Nc1ccc(F)cc1I. The minimum Gasteiger partial charge on any atom is -0.381 e. The molecule has 1 aromatic carbocycles. The summed E-state index contributed by atoms with van der Waals surface area (Å²) in [6.45, 7) is 4.39. The van der Waals surface area contributed by atoms with Crippen molar-refractivity contribution in [3.8, 4) is 0 Å². The molecule has 0 aliphatic heterocycles. The van der Waals surface area contributed by atoms with Crippen LogP contribution in [0.1, 0.15) is 39.5 Å². The van der Waals surface area contributed by atoms with Crippen LogP contribution in [-0.2, 0) is 0 Å². The summed E-state index contributed by atoms with van der Waals surface area (Å²) in [5.74, 6) is -0.169. The van der Waals surface area contributed by atoms with E-state index in [0.717, 1.165) is 9.26 Å². The van der Waals surface area contributed by atoms with Crippen LogP contribution < -0.4 is 5.32 Å². The topological polar surface area (TPSA) is 12.0 Å². The Morgan fingerprint density at radius 3 is 2.38 bits per heavy atom. The van der Waals surface area contributed by atoms with Gasteiger partial charge in [0.2, 0.25) is 0 Å². The number of rotatable bonds is 6. The number of hydrogen-bond acceptors (Lipinski definition) is 1. The molecule has 0 saturated heterocycles. The number of hydrogen-bond donors (Lipinski definition) is 1. The molecule has 3 heteroatoms. The lowest BCUT2D eigenvalue weighted by molar-refractivity contribution is 0.585. The van der Waals surface area contributed by atoms with Crippen molar-refractivity contribution in [3.05, 3.63) is 27.6 Å². The van der Waals surface area contributed by atoms with E-state index in [2.05, 4.69) is 41.8 Å². The molecule has 0 saturated carbocycles. The van der Waals surface area contributed by atoms with E-state index >= 15 is 0 Å². The molecule has 0 bridgehead atoms. The van der Waals surface area contributed by atoms with Gasteiger partial charge in [-0.2, -0.15) is 0 Å². The van der Waals surface area contributed by atoms with Gasteiger partial charge in [-0.25, -0.2) is 4.39 Å². The molecule has 0 atom stereocenters. The molecule has 90 valence electrons. The summed E-state index contributed by atoms with van der Waals surface area (Å²) in [5, 5.41) is 3.50. The fourth-order valence-corrected chi connectivity index (χ4v) is 2.45. The van der Waals surface area contributed by atoms with E-state index in [-0.39, 0.29) is 5.82 Å². The molecule has 1 aromatic rings. The highest BCUT2D eigenvalue weighted by Crippen LogP contribution is 2.21. The molecular formula is C13H19FIN. The highest BCUT2D eigenvalue weighted by atomic mass is 127. The average Bonchev–Trinajstić information content (AvgIpc) is 2.23. The average molecular weight is 335 g/mol. The largest absolute Gasteiger partial charge is 0.381 e. The number of nitrogens with one attached hydrogen (secondary N) is 1. The van der Waals surface area contributed by atoms with E-state index in [1.165, 1.54) is 31.7 Å². The van der Waals surface area contributed by atoms with Crippen LogP contribution in [0.4, 0.5) is 10.1 Å². The molecule has 0 fully saturated rings. The maximum absolute atomic E-state index is 12.9. The van der Waals surface area contributed by atoms with Crippen LogP contribution in [0.2, 0.25) is 0 Å². The Morgan fingerprint density at radius 1 is 1.25 bits per heavy atom. The highest BCUT2D eigenvalue weighted by molar-refractivity contribution is 14.1. The quantitative estimate of drug-likeness (QED) is 0.736. The van der Waals surface area contributed by atoms with Gasteiger partial charge in [0.15, 0.2) is 0 Å². The van der Waals surface area contributed by atoms with Crippen LogP contribution in [0.5, 0.6) is 0 Å². The number of anilines is 1. The second-order valence-electron chi connectivity index (χ2n) is 4.04. The Balaban J connectivity index is 2.68. The van der Waals surface area contributed by atoms with Gasteiger partial charge in [-0.05, 0) is 53.6 Å². The van der Waals surface area contributed by atoms with Crippen LogP contribution in [0.25, 0.3) is 0 Å². The van der Waals surface area contributed by atoms with Crippen molar-refractivity contribution in [2.45, 2.75) is 45.6 Å². The Kier molecular flexibility index (Phi) is 6.09. The van der Waals surface area contributed by atoms with Crippen molar-refractivity contribution in [3.63, 3.8) is 0 Å². The monoisotopic (exact) mass is 335 g/mol. The van der Waals surface area contributed by atoms with E-state index in [0.29, 0.717) is 6.04 Å². The van der Waals surface area contributed by atoms with Gasteiger partial charge in [0, 0.05) is 15.3 Å². The van der Waals surface area contributed by atoms with Gasteiger partial charge in [0.05, 0.1) is 0 Å².